The van der Waals surface area contributed by atoms with E-state index in [4.69, 9.17) is 21.1 Å². The number of nitrogens with zero attached hydrogens (tertiary/aromatic N) is 4. The van der Waals surface area contributed by atoms with E-state index in [0.29, 0.717) is 28.9 Å². The number of methoxy groups -OCH3 is 1. The van der Waals surface area contributed by atoms with Gasteiger partial charge in [-0.25, -0.2) is 15.0 Å². The van der Waals surface area contributed by atoms with E-state index in [1.165, 1.54) is 6.33 Å². The smallest absolute Gasteiger partial charge is 0.163 e. The molecule has 0 fully saturated rings. The quantitative estimate of drug-likeness (QED) is 0.281. The maximum Gasteiger partial charge on any atom is 0.163 e. The number of nitrogens with one attached hydrogen (secondary N) is 1. The molecule has 0 spiro atoms. The van der Waals surface area contributed by atoms with Gasteiger partial charge >= 0.3 is 0 Å². The van der Waals surface area contributed by atoms with Crippen LogP contribution in [0.1, 0.15) is 10.6 Å². The fraction of sp³-hybridized carbons (Fsp3) is 0.120. The Bertz CT molecular complexity index is 1460. The van der Waals surface area contributed by atoms with Crippen LogP contribution in [0.15, 0.2) is 66.6 Å². The maximum absolute atomic E-state index is 6.27. The van der Waals surface area contributed by atoms with Crippen LogP contribution >= 0.6 is 22.9 Å². The molecule has 0 aliphatic rings. The van der Waals surface area contributed by atoms with Gasteiger partial charge in [0.05, 0.1) is 18.3 Å². The second-order valence-electron chi connectivity index (χ2n) is 7.48. The van der Waals surface area contributed by atoms with Gasteiger partial charge in [-0.1, -0.05) is 17.7 Å². The van der Waals surface area contributed by atoms with Gasteiger partial charge in [-0.05, 0) is 42.8 Å². The molecule has 0 unspecified atom stereocenters. The molecular weight excluding hydrogens is 470 g/mol. The molecule has 2 aromatic carbocycles. The molecule has 1 N–H and O–H groups in total. The third-order valence-corrected chi connectivity index (χ3v) is 6.46. The lowest BCUT2D eigenvalue weighted by molar-refractivity contribution is 0.284. The van der Waals surface area contributed by atoms with Crippen LogP contribution in [0.4, 0.5) is 11.5 Å². The Kier molecular flexibility index (Phi) is 6.24. The number of halogens is 1. The largest absolute Gasteiger partial charge is 0.493 e. The van der Waals surface area contributed by atoms with Crippen molar-refractivity contribution in [3.63, 3.8) is 0 Å². The van der Waals surface area contributed by atoms with E-state index in [9.17, 15) is 0 Å². The third kappa shape index (κ3) is 4.64. The molecule has 170 valence electrons. The number of fused-ring (bicyclic) bond motifs is 1. The lowest BCUT2D eigenvalue weighted by Gasteiger charge is -2.13. The standard InChI is InChI=1S/C25H20ClN5O2S/c1-15-3-4-17(9-19(15)26)30-25-18-10-22(32-2)23(11-20(18)28-14-29-25)33-12-24-31-21(13-34-24)16-5-7-27-8-6-16/h3-11,13-14H,12H2,1-2H3,(H,28,29,30). The molecule has 0 radical (unpaired) electrons. The highest BCUT2D eigenvalue weighted by atomic mass is 35.5. The Morgan fingerprint density at radius 3 is 2.68 bits per heavy atom. The summed E-state index contributed by atoms with van der Waals surface area (Å²) in [6.45, 7) is 2.28. The van der Waals surface area contributed by atoms with E-state index in [-0.39, 0.29) is 0 Å². The average molecular weight is 490 g/mol. The summed E-state index contributed by atoms with van der Waals surface area (Å²) in [4.78, 5) is 17.5. The number of hydrogen-bond donors (Lipinski definition) is 1. The van der Waals surface area contributed by atoms with Crippen LogP contribution in [0.2, 0.25) is 5.02 Å². The number of hydrogen-bond acceptors (Lipinski definition) is 8. The zero-order valence-corrected chi connectivity index (χ0v) is 20.0. The minimum atomic E-state index is 0.315. The summed E-state index contributed by atoms with van der Waals surface area (Å²) in [5.41, 5.74) is 4.49. The van der Waals surface area contributed by atoms with E-state index < -0.39 is 0 Å². The summed E-state index contributed by atoms with van der Waals surface area (Å²) in [7, 11) is 1.61. The van der Waals surface area contributed by atoms with Crippen LogP contribution in [0.25, 0.3) is 22.2 Å². The van der Waals surface area contributed by atoms with E-state index in [2.05, 4.69) is 25.3 Å². The first-order chi connectivity index (χ1) is 16.6. The second kappa shape index (κ2) is 9.62. The number of ether oxygens (including phenoxy) is 2. The normalized spacial score (nSPS) is 10.9. The molecule has 0 amide bonds. The number of aryl methyl sites for hydroxylation is 1. The molecular formula is C25H20ClN5O2S. The van der Waals surface area contributed by atoms with Gasteiger partial charge in [0.25, 0.3) is 0 Å². The zero-order chi connectivity index (χ0) is 23.5. The molecule has 3 aromatic heterocycles. The topological polar surface area (TPSA) is 82.0 Å². The number of anilines is 2. The molecule has 0 saturated heterocycles. The van der Waals surface area contributed by atoms with Crippen molar-refractivity contribution in [2.45, 2.75) is 13.5 Å². The molecule has 7 nitrogen and oxygen atoms in total. The summed E-state index contributed by atoms with van der Waals surface area (Å²) in [5, 5.41) is 7.67. The van der Waals surface area contributed by atoms with Gasteiger partial charge in [0.15, 0.2) is 11.5 Å². The predicted octanol–water partition coefficient (Wildman–Crippen LogP) is 6.44. The van der Waals surface area contributed by atoms with Gasteiger partial charge in [0, 0.05) is 45.5 Å². The van der Waals surface area contributed by atoms with E-state index in [1.807, 2.05) is 54.8 Å². The van der Waals surface area contributed by atoms with Crippen molar-refractivity contribution >= 4 is 45.3 Å². The van der Waals surface area contributed by atoms with Crippen molar-refractivity contribution in [2.24, 2.45) is 0 Å². The van der Waals surface area contributed by atoms with E-state index in [1.54, 1.807) is 30.8 Å². The van der Waals surface area contributed by atoms with E-state index >= 15 is 0 Å². The van der Waals surface area contributed by atoms with Crippen molar-refractivity contribution < 1.29 is 9.47 Å². The fourth-order valence-corrected chi connectivity index (χ4v) is 4.31. The Balaban J connectivity index is 1.39. The van der Waals surface area contributed by atoms with Gasteiger partial charge in [0.1, 0.15) is 23.8 Å². The van der Waals surface area contributed by atoms with Crippen molar-refractivity contribution in [3.05, 3.63) is 82.2 Å². The number of pyridine rings is 1. The number of thiazole rings is 1. The monoisotopic (exact) mass is 489 g/mol. The fourth-order valence-electron chi connectivity index (χ4n) is 3.42. The Hall–Kier alpha value is -3.75. The first kappa shape index (κ1) is 22.1. The lowest BCUT2D eigenvalue weighted by atomic mass is 10.2. The molecule has 0 saturated carbocycles. The van der Waals surface area contributed by atoms with Crippen molar-refractivity contribution in [1.82, 2.24) is 19.9 Å². The Labute approximate surface area is 205 Å². The Morgan fingerprint density at radius 1 is 1.03 bits per heavy atom. The van der Waals surface area contributed by atoms with Gasteiger partial charge < -0.3 is 14.8 Å². The minimum absolute atomic E-state index is 0.315. The summed E-state index contributed by atoms with van der Waals surface area (Å²) in [6.07, 6.45) is 5.02. The summed E-state index contributed by atoms with van der Waals surface area (Å²) >= 11 is 7.81. The van der Waals surface area contributed by atoms with Crippen LogP contribution in [0.5, 0.6) is 11.5 Å². The summed E-state index contributed by atoms with van der Waals surface area (Å²) < 4.78 is 11.7. The number of benzene rings is 2. The van der Waals surface area contributed by atoms with Gasteiger partial charge in [-0.2, -0.15) is 0 Å². The zero-order valence-electron chi connectivity index (χ0n) is 18.4. The molecule has 0 aliphatic heterocycles. The first-order valence-electron chi connectivity index (χ1n) is 10.4. The highest BCUT2D eigenvalue weighted by molar-refractivity contribution is 7.09. The third-order valence-electron chi connectivity index (χ3n) is 5.23. The van der Waals surface area contributed by atoms with Gasteiger partial charge in [-0.15, -0.1) is 11.3 Å². The van der Waals surface area contributed by atoms with Crippen LogP contribution in [-0.4, -0.2) is 27.0 Å². The van der Waals surface area contributed by atoms with Crippen LogP contribution in [-0.2, 0) is 6.61 Å². The SMILES string of the molecule is COc1cc2c(Nc3ccc(C)c(Cl)c3)ncnc2cc1OCc1nc(-c2ccncc2)cs1. The minimum Gasteiger partial charge on any atom is -0.493 e. The molecule has 9 heteroatoms. The highest BCUT2D eigenvalue weighted by Crippen LogP contribution is 2.36. The van der Waals surface area contributed by atoms with Crippen LogP contribution < -0.4 is 14.8 Å². The van der Waals surface area contributed by atoms with Crippen molar-refractivity contribution in [1.29, 1.82) is 0 Å². The van der Waals surface area contributed by atoms with Gasteiger partial charge in [-0.3, -0.25) is 4.98 Å². The molecule has 0 aliphatic carbocycles. The maximum atomic E-state index is 6.27. The molecule has 3 heterocycles. The van der Waals surface area contributed by atoms with Gasteiger partial charge in [0.2, 0.25) is 0 Å². The molecule has 0 atom stereocenters. The van der Waals surface area contributed by atoms with Crippen LogP contribution in [0.3, 0.4) is 0 Å². The average Bonchev–Trinajstić information content (AvgIpc) is 3.34. The molecule has 34 heavy (non-hydrogen) atoms. The van der Waals surface area contributed by atoms with Crippen LogP contribution in [0, 0.1) is 6.92 Å². The Morgan fingerprint density at radius 2 is 1.88 bits per heavy atom. The summed E-state index contributed by atoms with van der Waals surface area (Å²) in [6, 6.07) is 13.4. The molecule has 5 rings (SSSR count). The van der Waals surface area contributed by atoms with Crippen molar-refractivity contribution in [3.8, 4) is 22.8 Å². The summed E-state index contributed by atoms with van der Waals surface area (Å²) in [5.74, 6) is 1.81. The second-order valence-corrected chi connectivity index (χ2v) is 8.83. The van der Waals surface area contributed by atoms with E-state index in [0.717, 1.165) is 38.4 Å². The lowest BCUT2D eigenvalue weighted by Crippen LogP contribution is -2.00. The molecule has 5 aromatic rings. The molecule has 0 bridgehead atoms. The predicted molar refractivity (Wildman–Crippen MR) is 135 cm³/mol. The van der Waals surface area contributed by atoms with Crippen molar-refractivity contribution in [2.75, 3.05) is 12.4 Å². The number of rotatable bonds is 7. The number of aromatic nitrogens is 4. The highest BCUT2D eigenvalue weighted by Gasteiger charge is 2.13. The first-order valence-corrected chi connectivity index (χ1v) is 11.7.